The summed E-state index contributed by atoms with van der Waals surface area (Å²) in [5.74, 6) is -0.268. The molecule has 2 heterocycles. The Hall–Kier alpha value is -3.85. The topological polar surface area (TPSA) is 72.3 Å². The number of hydrogen-bond acceptors (Lipinski definition) is 5. The summed E-state index contributed by atoms with van der Waals surface area (Å²) in [5.41, 5.74) is 5.11. The highest BCUT2D eigenvalue weighted by Gasteiger charge is 2.18. The molecule has 0 spiro atoms. The second-order valence-electron chi connectivity index (χ2n) is 7.36. The predicted octanol–water partition coefficient (Wildman–Crippen LogP) is 3.84. The maximum Gasteiger partial charge on any atom is 0.274 e. The van der Waals surface area contributed by atoms with Gasteiger partial charge in [-0.1, -0.05) is 12.1 Å². The number of carbonyl (C=O) groups excluding carboxylic acids is 1. The number of rotatable bonds is 4. The summed E-state index contributed by atoms with van der Waals surface area (Å²) in [4.78, 5) is 21.5. The van der Waals surface area contributed by atoms with E-state index in [2.05, 4.69) is 57.4 Å². The zero-order chi connectivity index (χ0) is 20.9. The van der Waals surface area contributed by atoms with Crippen LogP contribution in [0.4, 0.5) is 17.1 Å². The summed E-state index contributed by atoms with van der Waals surface area (Å²) >= 11 is 0. The molecule has 1 aliphatic heterocycles. The molecule has 2 aromatic carbocycles. The first-order valence-corrected chi connectivity index (χ1v) is 9.96. The number of piperazine rings is 1. The van der Waals surface area contributed by atoms with Crippen LogP contribution in [0.3, 0.4) is 0 Å². The van der Waals surface area contributed by atoms with Crippen molar-refractivity contribution in [1.82, 2.24) is 4.98 Å². The Labute approximate surface area is 176 Å². The monoisotopic (exact) mass is 397 g/mol. The van der Waals surface area contributed by atoms with Gasteiger partial charge in [-0.25, -0.2) is 4.98 Å². The van der Waals surface area contributed by atoms with Crippen molar-refractivity contribution < 1.29 is 4.79 Å². The fourth-order valence-electron chi connectivity index (χ4n) is 3.58. The third-order valence-electron chi connectivity index (χ3n) is 5.26. The second-order valence-corrected chi connectivity index (χ2v) is 7.36. The normalized spacial score (nSPS) is 13.6. The first-order valence-electron chi connectivity index (χ1n) is 9.96. The molecule has 3 aromatic rings. The average molecular weight is 397 g/mol. The number of hydrogen-bond donors (Lipinski definition) is 1. The molecule has 0 radical (unpaired) electrons. The second kappa shape index (κ2) is 8.66. The van der Waals surface area contributed by atoms with Crippen molar-refractivity contribution in [3.8, 4) is 6.07 Å². The summed E-state index contributed by atoms with van der Waals surface area (Å²) in [5, 5.41) is 11.7. The van der Waals surface area contributed by atoms with Crippen LogP contribution in [0, 0.1) is 18.3 Å². The highest BCUT2D eigenvalue weighted by atomic mass is 16.1. The molecule has 1 N–H and O–H groups in total. The van der Waals surface area contributed by atoms with Crippen molar-refractivity contribution in [1.29, 1.82) is 5.26 Å². The van der Waals surface area contributed by atoms with Crippen LogP contribution in [-0.2, 0) is 0 Å². The summed E-state index contributed by atoms with van der Waals surface area (Å²) in [6, 6.07) is 21.1. The van der Waals surface area contributed by atoms with Crippen molar-refractivity contribution in [2.24, 2.45) is 0 Å². The largest absolute Gasteiger partial charge is 0.368 e. The molecule has 0 aliphatic carbocycles. The molecule has 6 heteroatoms. The number of nitriles is 1. The van der Waals surface area contributed by atoms with Gasteiger partial charge in [0, 0.05) is 37.6 Å². The number of benzene rings is 2. The van der Waals surface area contributed by atoms with Gasteiger partial charge in [0.05, 0.1) is 23.5 Å². The van der Waals surface area contributed by atoms with Crippen LogP contribution < -0.4 is 15.1 Å². The lowest BCUT2D eigenvalue weighted by Gasteiger charge is -2.37. The molecular formula is C24H23N5O. The molecule has 150 valence electrons. The van der Waals surface area contributed by atoms with Crippen LogP contribution >= 0.6 is 0 Å². The molecule has 1 amide bonds. The minimum atomic E-state index is -0.268. The molecule has 0 bridgehead atoms. The Morgan fingerprint density at radius 3 is 2.27 bits per heavy atom. The number of nitrogens with one attached hydrogen (secondary N) is 1. The van der Waals surface area contributed by atoms with E-state index < -0.39 is 0 Å². The molecular weight excluding hydrogens is 374 g/mol. The maximum atomic E-state index is 12.4. The standard InChI is InChI=1S/C24H23N5O/c1-18-3-2-4-21(15-18)28-11-13-29(14-12-28)22-9-10-23(26-17-22)24(30)27-20-7-5-19(16-25)6-8-20/h2-10,15,17H,11-14H2,1H3,(H,27,30). The molecule has 0 saturated carbocycles. The maximum absolute atomic E-state index is 12.4. The lowest BCUT2D eigenvalue weighted by atomic mass is 10.2. The van der Waals surface area contributed by atoms with E-state index in [1.54, 1.807) is 36.5 Å². The summed E-state index contributed by atoms with van der Waals surface area (Å²) in [6.45, 7) is 5.83. The van der Waals surface area contributed by atoms with E-state index in [1.807, 2.05) is 6.07 Å². The van der Waals surface area contributed by atoms with Crippen molar-refractivity contribution in [3.63, 3.8) is 0 Å². The van der Waals surface area contributed by atoms with Gasteiger partial charge in [0.15, 0.2) is 0 Å². The third-order valence-corrected chi connectivity index (χ3v) is 5.26. The van der Waals surface area contributed by atoms with Crippen LogP contribution in [0.2, 0.25) is 0 Å². The average Bonchev–Trinajstić information content (AvgIpc) is 2.80. The highest BCUT2D eigenvalue weighted by molar-refractivity contribution is 6.02. The first kappa shape index (κ1) is 19.5. The smallest absolute Gasteiger partial charge is 0.274 e. The van der Waals surface area contributed by atoms with E-state index in [9.17, 15) is 4.79 Å². The van der Waals surface area contributed by atoms with E-state index in [0.717, 1.165) is 31.9 Å². The van der Waals surface area contributed by atoms with Crippen LogP contribution in [0.25, 0.3) is 0 Å². The van der Waals surface area contributed by atoms with Crippen LogP contribution in [-0.4, -0.2) is 37.1 Å². The van der Waals surface area contributed by atoms with Crippen LogP contribution in [0.1, 0.15) is 21.6 Å². The Morgan fingerprint density at radius 1 is 0.967 bits per heavy atom. The number of aryl methyl sites for hydroxylation is 1. The molecule has 1 aromatic heterocycles. The number of anilines is 3. The lowest BCUT2D eigenvalue weighted by molar-refractivity contribution is 0.102. The van der Waals surface area contributed by atoms with E-state index >= 15 is 0 Å². The minimum Gasteiger partial charge on any atom is -0.368 e. The van der Waals surface area contributed by atoms with Crippen molar-refractivity contribution in [2.75, 3.05) is 41.3 Å². The van der Waals surface area contributed by atoms with Gasteiger partial charge in [-0.3, -0.25) is 4.79 Å². The van der Waals surface area contributed by atoms with E-state index in [4.69, 9.17) is 5.26 Å². The molecule has 0 atom stereocenters. The fourth-order valence-corrected chi connectivity index (χ4v) is 3.58. The molecule has 30 heavy (non-hydrogen) atoms. The number of nitrogens with zero attached hydrogens (tertiary/aromatic N) is 4. The SMILES string of the molecule is Cc1cccc(N2CCN(c3ccc(C(=O)Nc4ccc(C#N)cc4)nc3)CC2)c1. The first-order chi connectivity index (χ1) is 14.6. The van der Waals surface area contributed by atoms with Gasteiger partial charge in [0.25, 0.3) is 5.91 Å². The van der Waals surface area contributed by atoms with Crippen LogP contribution in [0.5, 0.6) is 0 Å². The van der Waals surface area contributed by atoms with Gasteiger partial charge >= 0.3 is 0 Å². The van der Waals surface area contributed by atoms with Gasteiger partial charge < -0.3 is 15.1 Å². The molecule has 0 unspecified atom stereocenters. The van der Waals surface area contributed by atoms with Gasteiger partial charge in [0.2, 0.25) is 0 Å². The number of aromatic nitrogens is 1. The number of pyridine rings is 1. The number of carbonyl (C=O) groups is 1. The highest BCUT2D eigenvalue weighted by Crippen LogP contribution is 2.21. The Balaban J connectivity index is 1.35. The van der Waals surface area contributed by atoms with E-state index in [0.29, 0.717) is 16.9 Å². The summed E-state index contributed by atoms with van der Waals surface area (Å²) in [6.07, 6.45) is 1.76. The molecule has 1 saturated heterocycles. The van der Waals surface area contributed by atoms with Crippen LogP contribution in [0.15, 0.2) is 66.9 Å². The van der Waals surface area contributed by atoms with E-state index in [-0.39, 0.29) is 5.91 Å². The number of amides is 1. The van der Waals surface area contributed by atoms with Gasteiger partial charge in [-0.15, -0.1) is 0 Å². The third kappa shape index (κ3) is 4.41. The van der Waals surface area contributed by atoms with Gasteiger partial charge in [-0.05, 0) is 61.0 Å². The molecule has 1 aliphatic rings. The fraction of sp³-hybridized carbons (Fsp3) is 0.208. The minimum absolute atomic E-state index is 0.268. The summed E-state index contributed by atoms with van der Waals surface area (Å²) in [7, 11) is 0. The Morgan fingerprint density at radius 2 is 1.67 bits per heavy atom. The van der Waals surface area contributed by atoms with E-state index in [1.165, 1.54) is 11.3 Å². The zero-order valence-electron chi connectivity index (χ0n) is 16.9. The van der Waals surface area contributed by atoms with Gasteiger partial charge in [-0.2, -0.15) is 5.26 Å². The quantitative estimate of drug-likeness (QED) is 0.724. The molecule has 6 nitrogen and oxygen atoms in total. The van der Waals surface area contributed by atoms with Crippen molar-refractivity contribution in [3.05, 3.63) is 83.7 Å². The van der Waals surface area contributed by atoms with Crippen molar-refractivity contribution in [2.45, 2.75) is 6.92 Å². The Kier molecular flexibility index (Phi) is 5.62. The zero-order valence-corrected chi connectivity index (χ0v) is 16.9. The molecule has 4 rings (SSSR count). The lowest BCUT2D eigenvalue weighted by Crippen LogP contribution is -2.46. The van der Waals surface area contributed by atoms with Crippen molar-refractivity contribution >= 4 is 23.0 Å². The summed E-state index contributed by atoms with van der Waals surface area (Å²) < 4.78 is 0. The molecule has 1 fully saturated rings. The predicted molar refractivity (Wildman–Crippen MR) is 119 cm³/mol. The van der Waals surface area contributed by atoms with Gasteiger partial charge in [0.1, 0.15) is 5.69 Å². The Bertz CT molecular complexity index is 1060.